The van der Waals surface area contributed by atoms with Gasteiger partial charge in [0.1, 0.15) is 6.17 Å². The van der Waals surface area contributed by atoms with Crippen LogP contribution in [-0.2, 0) is 28.5 Å². The van der Waals surface area contributed by atoms with Crippen molar-refractivity contribution in [3.05, 3.63) is 22.7 Å². The predicted octanol–water partition coefficient (Wildman–Crippen LogP) is 9.33. The van der Waals surface area contributed by atoms with E-state index >= 15 is 4.39 Å². The SMILES string of the molecule is CCCCCCCCCC[C@H](O)[C@@H]1CC[C@@H]([C@@H]2CC[C@@H](C(O)CCCCCCCCCCCCC(F)C3=C(C)C(=O)C(OC)=C(OC)C3=O)O2)O1. The molecule has 3 rings (SSSR count). The Morgan fingerprint density at radius 2 is 0.980 bits per heavy atom. The fraction of sp³-hybridized carbons (Fsp3) is 0.857. The second kappa shape index (κ2) is 24.5. The summed E-state index contributed by atoms with van der Waals surface area (Å²) in [5, 5.41) is 21.5. The lowest BCUT2D eigenvalue weighted by molar-refractivity contribution is -0.121. The lowest BCUT2D eigenvalue weighted by Gasteiger charge is -2.24. The Hall–Kier alpha value is -1.81. The lowest BCUT2D eigenvalue weighted by atomic mass is 9.88. The number of Topliss-reactive ketones (excluding diaryl/α,β-unsaturated/α-hetero) is 2. The van der Waals surface area contributed by atoms with Crippen LogP contribution in [0, 0.1) is 0 Å². The zero-order valence-corrected chi connectivity index (χ0v) is 32.4. The molecular formula is C42H71FO8. The molecule has 0 aromatic carbocycles. The molecule has 2 heterocycles. The number of allylic oxidation sites excluding steroid dienone is 2. The van der Waals surface area contributed by atoms with E-state index in [1.807, 2.05) is 0 Å². The molecule has 2 saturated heterocycles. The molecule has 0 radical (unpaired) electrons. The molecule has 2 aliphatic heterocycles. The zero-order valence-electron chi connectivity index (χ0n) is 32.4. The van der Waals surface area contributed by atoms with Crippen LogP contribution in [0.2, 0.25) is 0 Å². The summed E-state index contributed by atoms with van der Waals surface area (Å²) in [6, 6.07) is 0. The number of hydrogen-bond acceptors (Lipinski definition) is 8. The van der Waals surface area contributed by atoms with Crippen LogP contribution in [0.1, 0.15) is 174 Å². The Bertz CT molecular complexity index is 1090. The number of rotatable bonds is 28. The van der Waals surface area contributed by atoms with Gasteiger partial charge in [0.05, 0.1) is 50.8 Å². The Morgan fingerprint density at radius 1 is 0.608 bits per heavy atom. The summed E-state index contributed by atoms with van der Waals surface area (Å²) in [6.45, 7) is 3.72. The number of halogens is 1. The largest absolute Gasteiger partial charge is 0.489 e. The van der Waals surface area contributed by atoms with E-state index in [4.69, 9.17) is 18.9 Å². The van der Waals surface area contributed by atoms with Crippen LogP contribution in [0.15, 0.2) is 22.7 Å². The molecule has 0 aromatic heterocycles. The Kier molecular flexibility index (Phi) is 20.9. The van der Waals surface area contributed by atoms with Gasteiger partial charge in [-0.3, -0.25) is 9.59 Å². The number of carbonyl (C=O) groups excluding carboxylic acids is 2. The molecule has 2 fully saturated rings. The van der Waals surface area contributed by atoms with Crippen molar-refractivity contribution in [2.75, 3.05) is 14.2 Å². The third-order valence-corrected chi connectivity index (χ3v) is 11.3. The molecule has 3 aliphatic rings. The summed E-state index contributed by atoms with van der Waals surface area (Å²) in [4.78, 5) is 25.2. The Labute approximate surface area is 308 Å². The van der Waals surface area contributed by atoms with Crippen LogP contribution < -0.4 is 0 Å². The van der Waals surface area contributed by atoms with Crippen LogP contribution in [0.25, 0.3) is 0 Å². The summed E-state index contributed by atoms with van der Waals surface area (Å²) < 4.78 is 37.7. The van der Waals surface area contributed by atoms with Gasteiger partial charge in [0.15, 0.2) is 0 Å². The van der Waals surface area contributed by atoms with Gasteiger partial charge in [0.25, 0.3) is 0 Å². The molecular weight excluding hydrogens is 651 g/mol. The fourth-order valence-corrected chi connectivity index (χ4v) is 8.13. The van der Waals surface area contributed by atoms with Crippen molar-refractivity contribution < 1.29 is 43.1 Å². The minimum atomic E-state index is -1.49. The number of ketones is 2. The smallest absolute Gasteiger partial charge is 0.230 e. The van der Waals surface area contributed by atoms with E-state index in [1.165, 1.54) is 78.9 Å². The molecule has 0 aromatic rings. The van der Waals surface area contributed by atoms with Gasteiger partial charge in [-0.05, 0) is 51.9 Å². The summed E-state index contributed by atoms with van der Waals surface area (Å²) >= 11 is 0. The molecule has 9 heteroatoms. The monoisotopic (exact) mass is 723 g/mol. The van der Waals surface area contributed by atoms with Crippen LogP contribution in [0.4, 0.5) is 4.39 Å². The molecule has 1 aliphatic carbocycles. The number of aliphatic hydroxyl groups excluding tert-OH is 2. The molecule has 8 nitrogen and oxygen atoms in total. The molecule has 0 spiro atoms. The van der Waals surface area contributed by atoms with Crippen molar-refractivity contribution in [2.24, 2.45) is 0 Å². The minimum absolute atomic E-state index is 0.0304. The highest BCUT2D eigenvalue weighted by Crippen LogP contribution is 2.35. The predicted molar refractivity (Wildman–Crippen MR) is 199 cm³/mol. The maximum absolute atomic E-state index is 15.0. The second-order valence-corrected chi connectivity index (χ2v) is 15.3. The number of carbonyl (C=O) groups is 2. The van der Waals surface area contributed by atoms with Crippen molar-refractivity contribution in [1.29, 1.82) is 0 Å². The van der Waals surface area contributed by atoms with Crippen molar-refractivity contribution in [3.8, 4) is 0 Å². The average molecular weight is 723 g/mol. The molecule has 51 heavy (non-hydrogen) atoms. The summed E-state index contributed by atoms with van der Waals surface area (Å²) in [5.74, 6) is -1.48. The summed E-state index contributed by atoms with van der Waals surface area (Å²) in [5.41, 5.74) is 0.00218. The zero-order chi connectivity index (χ0) is 37.0. The third-order valence-electron chi connectivity index (χ3n) is 11.3. The first-order chi connectivity index (χ1) is 24.7. The fourth-order valence-electron chi connectivity index (χ4n) is 8.13. The lowest BCUT2D eigenvalue weighted by Crippen LogP contribution is -2.33. The molecule has 2 N–H and O–H groups in total. The summed E-state index contributed by atoms with van der Waals surface area (Å²) in [6.07, 6.45) is 23.6. The van der Waals surface area contributed by atoms with Gasteiger partial charge >= 0.3 is 0 Å². The van der Waals surface area contributed by atoms with Crippen LogP contribution in [-0.4, -0.2) is 78.8 Å². The van der Waals surface area contributed by atoms with Gasteiger partial charge in [-0.25, -0.2) is 4.39 Å². The molecule has 2 unspecified atom stereocenters. The van der Waals surface area contributed by atoms with Crippen molar-refractivity contribution in [3.63, 3.8) is 0 Å². The van der Waals surface area contributed by atoms with E-state index in [-0.39, 0.29) is 59.6 Å². The third kappa shape index (κ3) is 14.2. The highest BCUT2D eigenvalue weighted by Gasteiger charge is 2.41. The highest BCUT2D eigenvalue weighted by molar-refractivity contribution is 6.23. The first-order valence-electron chi connectivity index (χ1n) is 20.7. The van der Waals surface area contributed by atoms with Crippen molar-refractivity contribution >= 4 is 11.6 Å². The standard InChI is InChI=1S/C42H71FO8/c1-5-6-7-8-9-15-18-21-24-32(44)34-26-28-36(50-34)37-29-27-35(51-37)33(45)25-22-19-16-13-11-10-12-14-17-20-23-31(43)38-30(2)39(46)41(48-3)42(49-4)40(38)47/h31-37,44-45H,5-29H2,1-4H3/t31?,32-,33?,34-,35-,36-,37-/m0/s1. The Morgan fingerprint density at radius 3 is 1.39 bits per heavy atom. The maximum Gasteiger partial charge on any atom is 0.230 e. The van der Waals surface area contributed by atoms with E-state index < -0.39 is 23.8 Å². The quantitative estimate of drug-likeness (QED) is 0.0607. The summed E-state index contributed by atoms with van der Waals surface area (Å²) in [7, 11) is 2.58. The number of aliphatic hydroxyl groups is 2. The molecule has 0 amide bonds. The van der Waals surface area contributed by atoms with E-state index in [9.17, 15) is 19.8 Å². The Balaban J connectivity index is 1.15. The van der Waals surface area contributed by atoms with Gasteiger partial charge in [-0.2, -0.15) is 0 Å². The minimum Gasteiger partial charge on any atom is -0.489 e. The normalized spacial score (nSPS) is 24.5. The number of methoxy groups -OCH3 is 2. The van der Waals surface area contributed by atoms with E-state index in [0.717, 1.165) is 89.9 Å². The van der Waals surface area contributed by atoms with E-state index in [2.05, 4.69) is 6.92 Å². The number of unbranched alkanes of at least 4 members (excludes halogenated alkanes) is 16. The van der Waals surface area contributed by atoms with E-state index in [1.54, 1.807) is 0 Å². The van der Waals surface area contributed by atoms with Gasteiger partial charge in [-0.15, -0.1) is 0 Å². The second-order valence-electron chi connectivity index (χ2n) is 15.3. The molecule has 0 saturated carbocycles. The topological polar surface area (TPSA) is 112 Å². The molecule has 7 atom stereocenters. The van der Waals surface area contributed by atoms with Gasteiger partial charge < -0.3 is 29.2 Å². The first kappa shape index (κ1) is 43.6. The van der Waals surface area contributed by atoms with Crippen molar-refractivity contribution in [2.45, 2.75) is 217 Å². The molecule has 294 valence electrons. The number of ether oxygens (including phenoxy) is 4. The number of alkyl halides is 1. The van der Waals surface area contributed by atoms with Crippen LogP contribution >= 0.6 is 0 Å². The highest BCUT2D eigenvalue weighted by atomic mass is 19.1. The van der Waals surface area contributed by atoms with Gasteiger partial charge in [0, 0.05) is 11.1 Å². The van der Waals surface area contributed by atoms with Crippen LogP contribution in [0.3, 0.4) is 0 Å². The first-order valence-corrected chi connectivity index (χ1v) is 20.7. The maximum atomic E-state index is 15.0. The van der Waals surface area contributed by atoms with Gasteiger partial charge in [-0.1, -0.05) is 122 Å². The van der Waals surface area contributed by atoms with Gasteiger partial charge in [0.2, 0.25) is 23.1 Å². The molecule has 0 bridgehead atoms. The van der Waals surface area contributed by atoms with Crippen LogP contribution in [0.5, 0.6) is 0 Å². The average Bonchev–Trinajstić information content (AvgIpc) is 3.82. The van der Waals surface area contributed by atoms with Crippen molar-refractivity contribution in [1.82, 2.24) is 0 Å². The van der Waals surface area contributed by atoms with E-state index in [0.29, 0.717) is 6.42 Å². The number of hydrogen-bond donors (Lipinski definition) is 2.